The van der Waals surface area contributed by atoms with E-state index in [2.05, 4.69) is 10.1 Å². The number of nitro benzene ring substituents is 1. The number of methoxy groups -OCH3 is 1. The molecule has 0 saturated carbocycles. The highest BCUT2D eigenvalue weighted by molar-refractivity contribution is 7.98. The van der Waals surface area contributed by atoms with E-state index in [9.17, 15) is 14.9 Å². The molecule has 0 aliphatic rings. The number of carbonyl (C=O) groups excluding carboxylic acids is 1. The van der Waals surface area contributed by atoms with E-state index in [-0.39, 0.29) is 16.6 Å². The maximum atomic E-state index is 11.0. The Balaban J connectivity index is 2.71. The van der Waals surface area contributed by atoms with Gasteiger partial charge in [0, 0.05) is 24.1 Å². The molecule has 0 aliphatic heterocycles. The van der Waals surface area contributed by atoms with Crippen molar-refractivity contribution in [1.29, 1.82) is 0 Å². The van der Waals surface area contributed by atoms with Crippen LogP contribution in [0.25, 0.3) is 0 Å². The molecule has 0 unspecified atom stereocenters. The molecule has 20 heavy (non-hydrogen) atoms. The summed E-state index contributed by atoms with van der Waals surface area (Å²) in [6.07, 6.45) is 0.340. The maximum Gasteiger partial charge on any atom is 0.306 e. The molecule has 0 saturated heterocycles. The Morgan fingerprint density at radius 3 is 2.85 bits per heavy atom. The summed E-state index contributed by atoms with van der Waals surface area (Å²) in [7, 11) is 1.36. The van der Waals surface area contributed by atoms with E-state index in [0.29, 0.717) is 30.2 Å². The lowest BCUT2D eigenvalue weighted by atomic mass is 10.1. The Labute approximate surface area is 122 Å². The molecule has 1 N–H and O–H groups in total. The zero-order chi connectivity index (χ0) is 15.0. The van der Waals surface area contributed by atoms with Gasteiger partial charge in [-0.25, -0.2) is 0 Å². The first-order valence-electron chi connectivity index (χ1n) is 6.24. The van der Waals surface area contributed by atoms with Crippen molar-refractivity contribution in [2.75, 3.05) is 24.7 Å². The molecule has 6 nitrogen and oxygen atoms in total. The molecule has 7 heteroatoms. The van der Waals surface area contributed by atoms with Gasteiger partial charge in [-0.1, -0.05) is 12.1 Å². The number of nitrogens with zero attached hydrogens (tertiary/aromatic N) is 1. The number of thioether (sulfide) groups is 1. The second kappa shape index (κ2) is 8.42. The third kappa shape index (κ3) is 4.73. The number of hydrogen-bond acceptors (Lipinski definition) is 6. The molecule has 110 valence electrons. The van der Waals surface area contributed by atoms with Crippen LogP contribution in [0, 0.1) is 10.1 Å². The van der Waals surface area contributed by atoms with Gasteiger partial charge in [-0.2, -0.15) is 11.8 Å². The fourth-order valence-electron chi connectivity index (χ4n) is 1.68. The number of hydrogen-bond donors (Lipinski definition) is 1. The third-order valence-corrected chi connectivity index (χ3v) is 3.62. The van der Waals surface area contributed by atoms with Gasteiger partial charge in [0.25, 0.3) is 5.69 Å². The van der Waals surface area contributed by atoms with Crippen molar-refractivity contribution in [2.24, 2.45) is 0 Å². The van der Waals surface area contributed by atoms with Crippen molar-refractivity contribution in [3.05, 3.63) is 33.9 Å². The number of nitrogens with one attached hydrogen (secondary N) is 1. The molecular formula is C13H18N2O4S. The minimum absolute atomic E-state index is 0.0814. The van der Waals surface area contributed by atoms with Crippen molar-refractivity contribution < 1.29 is 14.5 Å². The first kappa shape index (κ1) is 16.3. The van der Waals surface area contributed by atoms with Crippen LogP contribution in [0.5, 0.6) is 0 Å². The first-order chi connectivity index (χ1) is 9.60. The van der Waals surface area contributed by atoms with E-state index in [0.717, 1.165) is 5.56 Å². The zero-order valence-electron chi connectivity index (χ0n) is 11.5. The van der Waals surface area contributed by atoms with Gasteiger partial charge in [-0.3, -0.25) is 14.9 Å². The predicted molar refractivity (Wildman–Crippen MR) is 80.1 cm³/mol. The van der Waals surface area contributed by atoms with E-state index in [1.807, 2.05) is 13.0 Å². The summed E-state index contributed by atoms with van der Waals surface area (Å²) in [5.41, 5.74) is 1.51. The fourth-order valence-corrected chi connectivity index (χ4v) is 2.60. The maximum absolute atomic E-state index is 11.0. The number of anilines is 1. The monoisotopic (exact) mass is 298 g/mol. The van der Waals surface area contributed by atoms with Gasteiger partial charge in [0.15, 0.2) is 0 Å². The van der Waals surface area contributed by atoms with Gasteiger partial charge in [-0.05, 0) is 12.5 Å². The lowest BCUT2D eigenvalue weighted by Crippen LogP contribution is -2.05. The average molecular weight is 298 g/mol. The standard InChI is InChI=1S/C13H18N2O4S/c1-3-14-13-10(5-4-6-11(13)15(17)18)9-20-8-7-12(16)19-2/h4-6,14H,3,7-9H2,1-2H3. The lowest BCUT2D eigenvalue weighted by molar-refractivity contribution is -0.384. The van der Waals surface area contributed by atoms with Crippen LogP contribution in [0.4, 0.5) is 11.4 Å². The SMILES string of the molecule is CCNc1c(CSCCC(=O)OC)cccc1[N+](=O)[O-]. The van der Waals surface area contributed by atoms with E-state index in [4.69, 9.17) is 0 Å². The van der Waals surface area contributed by atoms with Crippen LogP contribution in [-0.2, 0) is 15.3 Å². The van der Waals surface area contributed by atoms with Gasteiger partial charge in [0.1, 0.15) is 5.69 Å². The number of esters is 1. The lowest BCUT2D eigenvalue weighted by Gasteiger charge is -2.10. The number of ether oxygens (including phenoxy) is 1. The Morgan fingerprint density at radius 1 is 1.50 bits per heavy atom. The molecule has 0 spiro atoms. The second-order valence-corrected chi connectivity index (χ2v) is 5.08. The molecule has 0 aliphatic carbocycles. The Hall–Kier alpha value is -1.76. The third-order valence-electron chi connectivity index (χ3n) is 2.61. The number of benzene rings is 1. The Bertz CT molecular complexity index is 479. The minimum Gasteiger partial charge on any atom is -0.469 e. The summed E-state index contributed by atoms with van der Waals surface area (Å²) in [5.74, 6) is 0.991. The van der Waals surface area contributed by atoms with Gasteiger partial charge in [0.05, 0.1) is 18.5 Å². The minimum atomic E-state index is -0.388. The van der Waals surface area contributed by atoms with E-state index in [1.165, 1.54) is 13.2 Å². The van der Waals surface area contributed by atoms with Crippen LogP contribution >= 0.6 is 11.8 Å². The predicted octanol–water partition coefficient (Wildman–Crippen LogP) is 2.82. The van der Waals surface area contributed by atoms with Crippen molar-refractivity contribution in [1.82, 2.24) is 0 Å². The second-order valence-electron chi connectivity index (χ2n) is 3.98. The average Bonchev–Trinajstić information content (AvgIpc) is 2.44. The first-order valence-corrected chi connectivity index (χ1v) is 7.40. The van der Waals surface area contributed by atoms with Crippen molar-refractivity contribution in [3.63, 3.8) is 0 Å². The molecule has 0 atom stereocenters. The summed E-state index contributed by atoms with van der Waals surface area (Å²) < 4.78 is 4.56. The molecule has 0 fully saturated rings. The Kier molecular flexibility index (Phi) is 6.86. The molecule has 0 bridgehead atoms. The summed E-state index contributed by atoms with van der Waals surface area (Å²) in [5, 5.41) is 14.0. The van der Waals surface area contributed by atoms with Crippen LogP contribution < -0.4 is 5.32 Å². The number of nitro groups is 1. The highest BCUT2D eigenvalue weighted by Crippen LogP contribution is 2.30. The molecule has 0 radical (unpaired) electrons. The van der Waals surface area contributed by atoms with Gasteiger partial charge in [0.2, 0.25) is 0 Å². The summed E-state index contributed by atoms with van der Waals surface area (Å²) in [6.45, 7) is 2.51. The summed E-state index contributed by atoms with van der Waals surface area (Å²) >= 11 is 1.55. The molecule has 0 heterocycles. The Morgan fingerprint density at radius 2 is 2.25 bits per heavy atom. The zero-order valence-corrected chi connectivity index (χ0v) is 12.4. The molecule has 1 rings (SSSR count). The van der Waals surface area contributed by atoms with Crippen LogP contribution in [0.15, 0.2) is 18.2 Å². The van der Waals surface area contributed by atoms with E-state index >= 15 is 0 Å². The molecule has 0 amide bonds. The number of carbonyl (C=O) groups is 1. The molecule has 1 aromatic rings. The normalized spacial score (nSPS) is 10.1. The fraction of sp³-hybridized carbons (Fsp3) is 0.462. The van der Waals surface area contributed by atoms with Gasteiger partial charge >= 0.3 is 5.97 Å². The molecule has 0 aromatic heterocycles. The van der Waals surface area contributed by atoms with Crippen molar-refractivity contribution in [3.8, 4) is 0 Å². The van der Waals surface area contributed by atoms with Gasteiger partial charge < -0.3 is 10.1 Å². The van der Waals surface area contributed by atoms with Crippen LogP contribution in [0.3, 0.4) is 0 Å². The van der Waals surface area contributed by atoms with E-state index in [1.54, 1.807) is 17.8 Å². The van der Waals surface area contributed by atoms with Crippen LogP contribution in [0.2, 0.25) is 0 Å². The topological polar surface area (TPSA) is 81.5 Å². The summed E-state index contributed by atoms with van der Waals surface area (Å²) in [6, 6.07) is 5.02. The highest BCUT2D eigenvalue weighted by Gasteiger charge is 2.16. The van der Waals surface area contributed by atoms with Crippen molar-refractivity contribution >= 4 is 29.1 Å². The quantitative estimate of drug-likeness (QED) is 0.344. The van der Waals surface area contributed by atoms with Crippen molar-refractivity contribution in [2.45, 2.75) is 19.1 Å². The molecule has 1 aromatic carbocycles. The largest absolute Gasteiger partial charge is 0.469 e. The number of para-hydroxylation sites is 1. The smallest absolute Gasteiger partial charge is 0.306 e. The van der Waals surface area contributed by atoms with Gasteiger partial charge in [-0.15, -0.1) is 0 Å². The molecular weight excluding hydrogens is 280 g/mol. The van der Waals surface area contributed by atoms with Crippen LogP contribution in [-0.4, -0.2) is 30.3 Å². The van der Waals surface area contributed by atoms with Crippen LogP contribution in [0.1, 0.15) is 18.9 Å². The highest BCUT2D eigenvalue weighted by atomic mass is 32.2. The van der Waals surface area contributed by atoms with E-state index < -0.39 is 0 Å². The summed E-state index contributed by atoms with van der Waals surface area (Å²) in [4.78, 5) is 21.6. The number of rotatable bonds is 8.